The van der Waals surface area contributed by atoms with E-state index in [4.69, 9.17) is 4.52 Å². The van der Waals surface area contributed by atoms with Gasteiger partial charge in [-0.25, -0.2) is 0 Å². The molecular weight excluding hydrogens is 314 g/mol. The van der Waals surface area contributed by atoms with Crippen LogP contribution in [0, 0.1) is 12.8 Å². The zero-order valence-electron chi connectivity index (χ0n) is 14.5. The lowest BCUT2D eigenvalue weighted by Gasteiger charge is -2.22. The molecule has 5 nitrogen and oxygen atoms in total. The summed E-state index contributed by atoms with van der Waals surface area (Å²) >= 11 is 0. The summed E-state index contributed by atoms with van der Waals surface area (Å²) in [5.74, 6) is 2.70. The van der Waals surface area contributed by atoms with Gasteiger partial charge in [0.15, 0.2) is 5.82 Å². The Labute approximate surface area is 147 Å². The number of aromatic nitrogens is 2. The lowest BCUT2D eigenvalue weighted by molar-refractivity contribution is -0.133. The highest BCUT2D eigenvalue weighted by molar-refractivity contribution is 5.83. The fourth-order valence-electron chi connectivity index (χ4n) is 4.21. The molecule has 0 radical (unpaired) electrons. The molecule has 25 heavy (non-hydrogen) atoms. The van der Waals surface area contributed by atoms with Crippen LogP contribution in [0.1, 0.15) is 72.8 Å². The second-order valence-electron chi connectivity index (χ2n) is 7.76. The molecule has 2 saturated carbocycles. The molecule has 1 aromatic heterocycles. The van der Waals surface area contributed by atoms with Gasteiger partial charge in [0.2, 0.25) is 11.8 Å². The van der Waals surface area contributed by atoms with Crippen molar-refractivity contribution in [2.24, 2.45) is 5.92 Å². The first kappa shape index (κ1) is 15.1. The molecular formula is C20H23N3O2. The van der Waals surface area contributed by atoms with Crippen molar-refractivity contribution >= 4 is 5.91 Å². The van der Waals surface area contributed by atoms with Crippen LogP contribution in [-0.2, 0) is 4.79 Å². The predicted octanol–water partition coefficient (Wildman–Crippen LogP) is 3.72. The maximum absolute atomic E-state index is 13.1. The highest BCUT2D eigenvalue weighted by Gasteiger charge is 2.48. The van der Waals surface area contributed by atoms with Gasteiger partial charge in [0, 0.05) is 18.4 Å². The fraction of sp³-hybridized carbons (Fsp3) is 0.550. The summed E-state index contributed by atoms with van der Waals surface area (Å²) in [5, 5.41) is 4.18. The average Bonchev–Trinajstić information content (AvgIpc) is 3.52. The van der Waals surface area contributed by atoms with E-state index in [-0.39, 0.29) is 17.9 Å². The van der Waals surface area contributed by atoms with Crippen LogP contribution in [0.2, 0.25) is 0 Å². The number of hydrogen-bond donors (Lipinski definition) is 0. The minimum atomic E-state index is 0.00173. The number of nitrogens with zero attached hydrogens (tertiary/aromatic N) is 3. The number of benzene rings is 1. The Bertz CT molecular complexity index is 811. The largest absolute Gasteiger partial charge is 0.339 e. The quantitative estimate of drug-likeness (QED) is 0.853. The third-order valence-corrected chi connectivity index (χ3v) is 5.91. The molecule has 3 aliphatic rings. The number of carbonyl (C=O) groups is 1. The van der Waals surface area contributed by atoms with E-state index in [1.165, 1.54) is 11.1 Å². The molecule has 0 unspecified atom stereocenters. The van der Waals surface area contributed by atoms with Gasteiger partial charge in [-0.3, -0.25) is 4.79 Å². The molecule has 1 saturated heterocycles. The monoisotopic (exact) mass is 337 g/mol. The minimum absolute atomic E-state index is 0.00173. The molecule has 130 valence electrons. The summed E-state index contributed by atoms with van der Waals surface area (Å²) in [6.07, 6.45) is 5.22. The molecule has 3 fully saturated rings. The van der Waals surface area contributed by atoms with Gasteiger partial charge in [-0.15, -0.1) is 0 Å². The first-order chi connectivity index (χ1) is 12.2. The predicted molar refractivity (Wildman–Crippen MR) is 92.0 cm³/mol. The maximum Gasteiger partial charge on any atom is 0.229 e. The van der Waals surface area contributed by atoms with Gasteiger partial charge in [0.25, 0.3) is 0 Å². The number of carbonyl (C=O) groups excluding carboxylic acids is 1. The average molecular weight is 337 g/mol. The molecule has 1 aromatic carbocycles. The van der Waals surface area contributed by atoms with Crippen molar-refractivity contribution < 1.29 is 9.32 Å². The highest BCUT2D eigenvalue weighted by atomic mass is 16.5. The van der Waals surface area contributed by atoms with Gasteiger partial charge in [0.1, 0.15) is 0 Å². The number of hydrogen-bond acceptors (Lipinski definition) is 4. The van der Waals surface area contributed by atoms with E-state index in [0.717, 1.165) is 44.5 Å². The molecule has 2 heterocycles. The van der Waals surface area contributed by atoms with Crippen molar-refractivity contribution in [1.82, 2.24) is 15.0 Å². The summed E-state index contributed by atoms with van der Waals surface area (Å²) in [5.41, 5.74) is 2.61. The lowest BCUT2D eigenvalue weighted by Crippen LogP contribution is -2.32. The smallest absolute Gasteiger partial charge is 0.229 e. The molecule has 1 aliphatic heterocycles. The molecule has 0 spiro atoms. The van der Waals surface area contributed by atoms with E-state index in [1.807, 2.05) is 4.90 Å². The number of amides is 1. The Kier molecular flexibility index (Phi) is 3.43. The second kappa shape index (κ2) is 5.68. The second-order valence-corrected chi connectivity index (χ2v) is 7.76. The van der Waals surface area contributed by atoms with Crippen LogP contribution in [0.15, 0.2) is 28.8 Å². The van der Waals surface area contributed by atoms with Gasteiger partial charge in [-0.2, -0.15) is 4.98 Å². The van der Waals surface area contributed by atoms with Crippen molar-refractivity contribution in [3.63, 3.8) is 0 Å². The molecule has 0 N–H and O–H groups in total. The van der Waals surface area contributed by atoms with Crippen LogP contribution in [0.4, 0.5) is 0 Å². The minimum Gasteiger partial charge on any atom is -0.339 e. The molecule has 5 rings (SSSR count). The number of aryl methyl sites for hydroxylation is 1. The Morgan fingerprint density at radius 2 is 2.08 bits per heavy atom. The van der Waals surface area contributed by atoms with Gasteiger partial charge in [-0.05, 0) is 56.1 Å². The molecule has 5 heteroatoms. The summed E-state index contributed by atoms with van der Waals surface area (Å²) in [7, 11) is 0. The molecule has 2 aromatic rings. The van der Waals surface area contributed by atoms with E-state index in [0.29, 0.717) is 17.7 Å². The summed E-state index contributed by atoms with van der Waals surface area (Å²) in [4.78, 5) is 19.7. The van der Waals surface area contributed by atoms with Crippen LogP contribution in [0.5, 0.6) is 0 Å². The van der Waals surface area contributed by atoms with E-state index >= 15 is 0 Å². The summed E-state index contributed by atoms with van der Waals surface area (Å²) in [6.45, 7) is 2.94. The van der Waals surface area contributed by atoms with Crippen molar-refractivity contribution in [2.75, 3.05) is 6.54 Å². The Balaban J connectivity index is 1.32. The van der Waals surface area contributed by atoms with Crippen LogP contribution < -0.4 is 0 Å². The van der Waals surface area contributed by atoms with Gasteiger partial charge in [0.05, 0.1) is 6.04 Å². The summed E-state index contributed by atoms with van der Waals surface area (Å²) in [6, 6.07) is 8.42. The van der Waals surface area contributed by atoms with E-state index in [2.05, 4.69) is 41.3 Å². The van der Waals surface area contributed by atoms with Gasteiger partial charge in [-0.1, -0.05) is 29.4 Å². The third-order valence-electron chi connectivity index (χ3n) is 5.91. The van der Waals surface area contributed by atoms with Crippen LogP contribution >= 0.6 is 0 Å². The molecule has 1 amide bonds. The normalized spacial score (nSPS) is 28.4. The zero-order chi connectivity index (χ0) is 17.0. The first-order valence-corrected chi connectivity index (χ1v) is 9.42. The fourth-order valence-corrected chi connectivity index (χ4v) is 4.21. The summed E-state index contributed by atoms with van der Waals surface area (Å²) < 4.78 is 5.41. The van der Waals surface area contributed by atoms with Crippen LogP contribution in [0.3, 0.4) is 0 Å². The highest BCUT2D eigenvalue weighted by Crippen LogP contribution is 2.51. The topological polar surface area (TPSA) is 59.2 Å². The SMILES string of the molecule is Cc1ccccc1[C@@H]1C[C@@H]1C(=O)N1CCC[C@@H]1c1noc(C2CC2)n1. The van der Waals surface area contributed by atoms with Crippen LogP contribution in [-0.4, -0.2) is 27.5 Å². The van der Waals surface area contributed by atoms with Crippen molar-refractivity contribution in [3.05, 3.63) is 47.1 Å². The molecule has 0 bridgehead atoms. The molecule has 3 atom stereocenters. The Morgan fingerprint density at radius 1 is 1.24 bits per heavy atom. The van der Waals surface area contributed by atoms with Crippen molar-refractivity contribution in [3.8, 4) is 0 Å². The number of likely N-dealkylation sites (tertiary alicyclic amines) is 1. The maximum atomic E-state index is 13.1. The Hall–Kier alpha value is -2.17. The van der Waals surface area contributed by atoms with Crippen LogP contribution in [0.25, 0.3) is 0 Å². The van der Waals surface area contributed by atoms with E-state index in [9.17, 15) is 4.79 Å². The standard InChI is InChI=1S/C20H23N3O2/c1-12-5-2-3-6-14(12)15-11-16(15)20(24)23-10-4-7-17(23)18-21-19(25-22-18)13-8-9-13/h2-3,5-6,13,15-17H,4,7-11H2,1H3/t15-,16-,17+/m0/s1. The van der Waals surface area contributed by atoms with Crippen molar-refractivity contribution in [1.29, 1.82) is 0 Å². The van der Waals surface area contributed by atoms with E-state index in [1.54, 1.807) is 0 Å². The molecule has 2 aliphatic carbocycles. The Morgan fingerprint density at radius 3 is 2.88 bits per heavy atom. The number of rotatable bonds is 4. The zero-order valence-corrected chi connectivity index (χ0v) is 14.5. The third kappa shape index (κ3) is 2.66. The van der Waals surface area contributed by atoms with Crippen molar-refractivity contribution in [2.45, 2.75) is 56.9 Å². The van der Waals surface area contributed by atoms with Gasteiger partial charge >= 0.3 is 0 Å². The first-order valence-electron chi connectivity index (χ1n) is 9.42. The van der Waals surface area contributed by atoms with E-state index < -0.39 is 0 Å². The lowest BCUT2D eigenvalue weighted by atomic mass is 10.0. The van der Waals surface area contributed by atoms with Gasteiger partial charge < -0.3 is 9.42 Å².